The highest BCUT2D eigenvalue weighted by molar-refractivity contribution is 6.16. The van der Waals surface area contributed by atoms with Gasteiger partial charge in [0.1, 0.15) is 6.07 Å². The maximum Gasteiger partial charge on any atom is 0.168 e. The van der Waals surface area contributed by atoms with Crippen LogP contribution in [-0.4, -0.2) is 17.3 Å². The second-order valence-corrected chi connectivity index (χ2v) is 10.2. The topological polar surface area (TPSA) is 65.8 Å². The van der Waals surface area contributed by atoms with Gasteiger partial charge in [0.15, 0.2) is 5.78 Å². The Morgan fingerprint density at radius 2 is 1.75 bits per heavy atom. The van der Waals surface area contributed by atoms with E-state index in [-0.39, 0.29) is 5.78 Å². The molecule has 0 saturated carbocycles. The standard InChI is InChI=1S/C26H23NO.C10H6N2/c28-25-17-19-8-4-5-9-22(19)24-12-10-20-16-21(11-13-23(20)26(24)25)27-15-14-18-6-2-1-3-7-18;11-6-8-5-9-3-1-2-4-10(9)12-7-8/h1-3,5-7,9-13,16,27H,4,8,14-15,17H2;1-5,7H. The second kappa shape index (κ2) is 11.4. The third-order valence-electron chi connectivity index (χ3n) is 7.55. The van der Waals surface area contributed by atoms with Crippen molar-refractivity contribution in [2.24, 2.45) is 0 Å². The Balaban J connectivity index is 0.000000201. The molecule has 1 heterocycles. The molecule has 2 aliphatic carbocycles. The molecule has 5 aromatic rings. The summed E-state index contributed by atoms with van der Waals surface area (Å²) in [7, 11) is 0. The number of ketones is 1. The summed E-state index contributed by atoms with van der Waals surface area (Å²) >= 11 is 0. The van der Waals surface area contributed by atoms with Crippen LogP contribution in [0.2, 0.25) is 0 Å². The van der Waals surface area contributed by atoms with E-state index >= 15 is 0 Å². The lowest BCUT2D eigenvalue weighted by Crippen LogP contribution is -2.14. The molecule has 2 aliphatic rings. The van der Waals surface area contributed by atoms with Crippen molar-refractivity contribution in [1.82, 2.24) is 4.98 Å². The summed E-state index contributed by atoms with van der Waals surface area (Å²) in [5, 5.41) is 15.3. The molecule has 0 atom stereocenters. The van der Waals surface area contributed by atoms with Crippen molar-refractivity contribution < 1.29 is 4.79 Å². The van der Waals surface area contributed by atoms with Gasteiger partial charge in [0, 0.05) is 35.8 Å². The lowest BCUT2D eigenvalue weighted by atomic mass is 9.79. The Hall–Kier alpha value is -5.01. The highest BCUT2D eigenvalue weighted by atomic mass is 16.1. The zero-order chi connectivity index (χ0) is 27.3. The Kier molecular flexibility index (Phi) is 7.20. The van der Waals surface area contributed by atoms with Gasteiger partial charge in [-0.25, -0.2) is 0 Å². The van der Waals surface area contributed by atoms with E-state index in [1.165, 1.54) is 16.7 Å². The van der Waals surface area contributed by atoms with E-state index in [9.17, 15) is 4.79 Å². The summed E-state index contributed by atoms with van der Waals surface area (Å²) in [5.74, 6) is 0.263. The zero-order valence-corrected chi connectivity index (χ0v) is 22.2. The summed E-state index contributed by atoms with van der Waals surface area (Å²) in [6.07, 6.45) is 9.64. The van der Waals surface area contributed by atoms with Crippen molar-refractivity contribution in [1.29, 1.82) is 5.26 Å². The average Bonchev–Trinajstić information content (AvgIpc) is 3.01. The first-order chi connectivity index (χ1) is 19.7. The molecule has 4 aromatic carbocycles. The van der Waals surface area contributed by atoms with Crippen LogP contribution in [0.3, 0.4) is 0 Å². The van der Waals surface area contributed by atoms with Gasteiger partial charge in [0.05, 0.1) is 11.1 Å². The number of benzene rings is 4. The molecule has 1 aromatic heterocycles. The number of Topliss-reactive ketones (excluding diaryl/α,β-unsaturated/α-hetero) is 1. The van der Waals surface area contributed by atoms with E-state index in [4.69, 9.17) is 5.26 Å². The van der Waals surface area contributed by atoms with Crippen molar-refractivity contribution in [3.05, 3.63) is 137 Å². The predicted molar refractivity (Wildman–Crippen MR) is 163 cm³/mol. The van der Waals surface area contributed by atoms with E-state index in [2.05, 4.69) is 83.1 Å². The molecule has 0 radical (unpaired) electrons. The minimum absolute atomic E-state index is 0.263. The SMILES string of the molecule is N#Cc1cnc2ccccc2c1.O=C1CC2=C(C=CCC2)c2ccc3cc(NCCc4ccccc4)ccc3c21. The molecule has 4 nitrogen and oxygen atoms in total. The Labute approximate surface area is 234 Å². The van der Waals surface area contributed by atoms with E-state index in [0.29, 0.717) is 12.0 Å². The molecule has 4 heteroatoms. The van der Waals surface area contributed by atoms with E-state index in [1.54, 1.807) is 6.20 Å². The van der Waals surface area contributed by atoms with Crippen molar-refractivity contribution in [2.75, 3.05) is 11.9 Å². The summed E-state index contributed by atoms with van der Waals surface area (Å²) in [4.78, 5) is 17.0. The number of nitrogens with zero attached hydrogens (tertiary/aromatic N) is 2. The summed E-state index contributed by atoms with van der Waals surface area (Å²) in [6.45, 7) is 0.889. The van der Waals surface area contributed by atoms with Gasteiger partial charge in [0.25, 0.3) is 0 Å². The Morgan fingerprint density at radius 1 is 0.900 bits per heavy atom. The maximum atomic E-state index is 12.9. The smallest absolute Gasteiger partial charge is 0.168 e. The minimum atomic E-state index is 0.263. The highest BCUT2D eigenvalue weighted by Gasteiger charge is 2.26. The minimum Gasteiger partial charge on any atom is -0.385 e. The predicted octanol–water partition coefficient (Wildman–Crippen LogP) is 8.29. The number of rotatable bonds is 4. The number of carbonyl (C=O) groups is 1. The van der Waals surface area contributed by atoms with Crippen molar-refractivity contribution in [2.45, 2.75) is 25.7 Å². The first-order valence-electron chi connectivity index (χ1n) is 13.7. The number of pyridine rings is 1. The number of fused-ring (bicyclic) bond motifs is 5. The largest absolute Gasteiger partial charge is 0.385 e. The van der Waals surface area contributed by atoms with Crippen LogP contribution in [0.5, 0.6) is 0 Å². The molecule has 0 unspecified atom stereocenters. The summed E-state index contributed by atoms with van der Waals surface area (Å²) in [6, 6.07) is 32.8. The highest BCUT2D eigenvalue weighted by Crippen LogP contribution is 2.40. The molecule has 0 amide bonds. The number of hydrogen-bond donors (Lipinski definition) is 1. The Morgan fingerprint density at radius 3 is 2.62 bits per heavy atom. The molecule has 40 heavy (non-hydrogen) atoms. The van der Waals surface area contributed by atoms with Gasteiger partial charge in [-0.1, -0.05) is 84.5 Å². The van der Waals surface area contributed by atoms with Gasteiger partial charge >= 0.3 is 0 Å². The fourth-order valence-corrected chi connectivity index (χ4v) is 5.55. The Bertz CT molecular complexity index is 1830. The van der Waals surface area contributed by atoms with Crippen LogP contribution >= 0.6 is 0 Å². The third-order valence-corrected chi connectivity index (χ3v) is 7.55. The molecule has 0 fully saturated rings. The van der Waals surface area contributed by atoms with E-state index in [1.807, 2.05) is 36.4 Å². The fraction of sp³-hybridized carbons (Fsp3) is 0.139. The molecule has 194 valence electrons. The first-order valence-corrected chi connectivity index (χ1v) is 13.7. The fourth-order valence-electron chi connectivity index (χ4n) is 5.55. The lowest BCUT2D eigenvalue weighted by molar-refractivity contribution is 0.0992. The van der Waals surface area contributed by atoms with Crippen LogP contribution in [0.1, 0.15) is 46.3 Å². The quantitative estimate of drug-likeness (QED) is 0.259. The van der Waals surface area contributed by atoms with Crippen LogP contribution < -0.4 is 5.32 Å². The van der Waals surface area contributed by atoms with Crippen LogP contribution in [0.15, 0.2) is 115 Å². The van der Waals surface area contributed by atoms with E-state index < -0.39 is 0 Å². The first kappa shape index (κ1) is 25.3. The van der Waals surface area contributed by atoms with Gasteiger partial charge in [-0.2, -0.15) is 5.26 Å². The number of carbonyl (C=O) groups excluding carboxylic acids is 1. The van der Waals surface area contributed by atoms with Crippen LogP contribution in [0.25, 0.3) is 27.2 Å². The summed E-state index contributed by atoms with van der Waals surface area (Å²) in [5.41, 5.74) is 8.55. The van der Waals surface area contributed by atoms with Crippen molar-refractivity contribution >= 4 is 38.7 Å². The molecule has 7 rings (SSSR count). The lowest BCUT2D eigenvalue weighted by Gasteiger charge is -2.24. The number of nitriles is 1. The molecular formula is C36H29N3O. The molecule has 0 aliphatic heterocycles. The van der Waals surface area contributed by atoms with Crippen molar-refractivity contribution in [3.8, 4) is 6.07 Å². The summed E-state index contributed by atoms with van der Waals surface area (Å²) < 4.78 is 0. The van der Waals surface area contributed by atoms with Crippen molar-refractivity contribution in [3.63, 3.8) is 0 Å². The number of aromatic nitrogens is 1. The van der Waals surface area contributed by atoms with Crippen LogP contribution in [-0.2, 0) is 6.42 Å². The van der Waals surface area contributed by atoms with Crippen LogP contribution in [0, 0.1) is 11.3 Å². The molecule has 1 N–H and O–H groups in total. The molecule has 0 bridgehead atoms. The van der Waals surface area contributed by atoms with Gasteiger partial charge in [0.2, 0.25) is 0 Å². The van der Waals surface area contributed by atoms with Gasteiger partial charge in [-0.15, -0.1) is 0 Å². The van der Waals surface area contributed by atoms with Crippen LogP contribution in [0.4, 0.5) is 5.69 Å². The second-order valence-electron chi connectivity index (χ2n) is 10.2. The third kappa shape index (κ3) is 5.28. The molecule has 0 spiro atoms. The van der Waals surface area contributed by atoms with E-state index in [0.717, 1.165) is 64.3 Å². The average molecular weight is 520 g/mol. The van der Waals surface area contributed by atoms with Gasteiger partial charge < -0.3 is 5.32 Å². The maximum absolute atomic E-state index is 12.9. The zero-order valence-electron chi connectivity index (χ0n) is 22.2. The van der Waals surface area contributed by atoms with Gasteiger partial charge in [-0.05, 0) is 71.0 Å². The van der Waals surface area contributed by atoms with Gasteiger partial charge in [-0.3, -0.25) is 9.78 Å². The monoisotopic (exact) mass is 519 g/mol. The number of nitrogens with one attached hydrogen (secondary N) is 1. The normalized spacial score (nSPS) is 13.7. The number of hydrogen-bond acceptors (Lipinski definition) is 4. The molecule has 0 saturated heterocycles. The number of para-hydroxylation sites is 1. The number of allylic oxidation sites excluding steroid dienone is 4. The molecular weight excluding hydrogens is 490 g/mol. The number of anilines is 1.